The van der Waals surface area contributed by atoms with Gasteiger partial charge in [0.2, 0.25) is 0 Å². The number of methoxy groups -OCH3 is 1. The summed E-state index contributed by atoms with van der Waals surface area (Å²) < 4.78 is 5.11. The van der Waals surface area contributed by atoms with Crippen LogP contribution in [0, 0.1) is 0 Å². The lowest BCUT2D eigenvalue weighted by Gasteiger charge is -2.32. The minimum Gasteiger partial charge on any atom is -0.383 e. The van der Waals surface area contributed by atoms with Crippen molar-refractivity contribution in [3.63, 3.8) is 0 Å². The maximum absolute atomic E-state index is 6.09. The summed E-state index contributed by atoms with van der Waals surface area (Å²) in [5.41, 5.74) is 0.941. The molecule has 1 aliphatic rings. The summed E-state index contributed by atoms with van der Waals surface area (Å²) in [7, 11) is 1.74. The molecule has 2 heterocycles. The van der Waals surface area contributed by atoms with Gasteiger partial charge in [0.25, 0.3) is 0 Å². The molecular formula is C12H18ClN3O. The lowest BCUT2D eigenvalue weighted by Crippen LogP contribution is -2.36. The summed E-state index contributed by atoms with van der Waals surface area (Å²) in [4.78, 5) is 10.9. The van der Waals surface area contributed by atoms with Crippen LogP contribution in [0.3, 0.4) is 0 Å². The molecule has 1 atom stereocenters. The Morgan fingerprint density at radius 1 is 1.47 bits per heavy atom. The Morgan fingerprint density at radius 2 is 2.29 bits per heavy atom. The zero-order valence-electron chi connectivity index (χ0n) is 10.1. The van der Waals surface area contributed by atoms with E-state index in [2.05, 4.69) is 14.9 Å². The maximum Gasteiger partial charge on any atom is 0.150 e. The van der Waals surface area contributed by atoms with Crippen LogP contribution in [0.15, 0.2) is 12.4 Å². The normalized spacial score (nSPS) is 21.6. The summed E-state index contributed by atoms with van der Waals surface area (Å²) >= 11 is 6.09. The van der Waals surface area contributed by atoms with Gasteiger partial charge in [-0.2, -0.15) is 0 Å². The number of aromatic nitrogens is 2. The number of hydrogen-bond acceptors (Lipinski definition) is 4. The third kappa shape index (κ3) is 3.37. The second-order valence-corrected chi connectivity index (χ2v) is 4.72. The van der Waals surface area contributed by atoms with Crippen molar-refractivity contribution in [1.82, 2.24) is 14.9 Å². The molecular weight excluding hydrogens is 238 g/mol. The minimum absolute atomic E-state index is 0.404. The average molecular weight is 256 g/mol. The quantitative estimate of drug-likeness (QED) is 0.824. The predicted octanol–water partition coefficient (Wildman–Crippen LogP) is 1.96. The molecule has 5 heteroatoms. The largest absolute Gasteiger partial charge is 0.383 e. The van der Waals surface area contributed by atoms with E-state index in [1.807, 2.05) is 0 Å². The van der Waals surface area contributed by atoms with Crippen LogP contribution in [-0.4, -0.2) is 48.2 Å². The van der Waals surface area contributed by atoms with Crippen molar-refractivity contribution in [2.24, 2.45) is 0 Å². The fourth-order valence-electron chi connectivity index (χ4n) is 2.31. The summed E-state index contributed by atoms with van der Waals surface area (Å²) in [6.45, 7) is 3.89. The van der Waals surface area contributed by atoms with Crippen LogP contribution >= 0.6 is 11.6 Å². The van der Waals surface area contributed by atoms with E-state index in [1.165, 1.54) is 6.42 Å². The molecule has 1 fully saturated rings. The Labute approximate surface area is 107 Å². The van der Waals surface area contributed by atoms with Gasteiger partial charge in [-0.15, -0.1) is 0 Å². The van der Waals surface area contributed by atoms with Crippen molar-refractivity contribution < 1.29 is 4.74 Å². The van der Waals surface area contributed by atoms with Crippen LogP contribution in [0.1, 0.15) is 24.5 Å². The first-order chi connectivity index (χ1) is 8.31. The van der Waals surface area contributed by atoms with Crippen molar-refractivity contribution in [2.75, 3.05) is 33.4 Å². The third-order valence-electron chi connectivity index (χ3n) is 3.18. The molecule has 0 spiro atoms. The molecule has 17 heavy (non-hydrogen) atoms. The van der Waals surface area contributed by atoms with E-state index in [1.54, 1.807) is 19.5 Å². The van der Waals surface area contributed by atoms with E-state index in [-0.39, 0.29) is 0 Å². The van der Waals surface area contributed by atoms with E-state index in [0.29, 0.717) is 11.1 Å². The van der Waals surface area contributed by atoms with Gasteiger partial charge in [-0.1, -0.05) is 11.6 Å². The van der Waals surface area contributed by atoms with Crippen molar-refractivity contribution in [2.45, 2.75) is 18.8 Å². The standard InChI is InChI=1S/C12H18ClN3O/c1-17-8-7-16-6-2-3-10(9-16)11-12(13)15-5-4-14-11/h4-5,10H,2-3,6-9H2,1H3. The van der Waals surface area contributed by atoms with Gasteiger partial charge in [0.15, 0.2) is 5.15 Å². The van der Waals surface area contributed by atoms with Gasteiger partial charge in [-0.25, -0.2) is 4.98 Å². The molecule has 94 valence electrons. The fraction of sp³-hybridized carbons (Fsp3) is 0.667. The minimum atomic E-state index is 0.404. The molecule has 4 nitrogen and oxygen atoms in total. The monoisotopic (exact) mass is 255 g/mol. The molecule has 1 aliphatic heterocycles. The van der Waals surface area contributed by atoms with Crippen LogP contribution in [-0.2, 0) is 4.74 Å². The number of ether oxygens (including phenoxy) is 1. The number of piperidine rings is 1. The molecule has 1 unspecified atom stereocenters. The first-order valence-corrected chi connectivity index (χ1v) is 6.36. The molecule has 0 bridgehead atoms. The Bertz CT molecular complexity index is 361. The fourth-order valence-corrected chi connectivity index (χ4v) is 2.57. The van der Waals surface area contributed by atoms with Gasteiger partial charge in [0.05, 0.1) is 12.3 Å². The van der Waals surface area contributed by atoms with E-state index in [0.717, 1.165) is 38.4 Å². The zero-order chi connectivity index (χ0) is 12.1. The first kappa shape index (κ1) is 12.7. The highest BCUT2D eigenvalue weighted by Gasteiger charge is 2.24. The van der Waals surface area contributed by atoms with Crippen LogP contribution in [0.25, 0.3) is 0 Å². The summed E-state index contributed by atoms with van der Waals surface area (Å²) in [5.74, 6) is 0.404. The molecule has 0 radical (unpaired) electrons. The van der Waals surface area contributed by atoms with Crippen molar-refractivity contribution >= 4 is 11.6 Å². The molecule has 0 saturated carbocycles. The Hall–Kier alpha value is -0.710. The van der Waals surface area contributed by atoms with Crippen molar-refractivity contribution in [3.8, 4) is 0 Å². The SMILES string of the molecule is COCCN1CCCC(c2nccnc2Cl)C1. The van der Waals surface area contributed by atoms with Gasteiger partial charge >= 0.3 is 0 Å². The molecule has 1 aromatic heterocycles. The van der Waals surface area contributed by atoms with Crippen LogP contribution in [0.4, 0.5) is 0 Å². The first-order valence-electron chi connectivity index (χ1n) is 5.99. The smallest absolute Gasteiger partial charge is 0.150 e. The van der Waals surface area contributed by atoms with E-state index in [4.69, 9.17) is 16.3 Å². The summed E-state index contributed by atoms with van der Waals surface area (Å²) in [6, 6.07) is 0. The van der Waals surface area contributed by atoms with Gasteiger partial charge in [-0.05, 0) is 19.4 Å². The second kappa shape index (κ2) is 6.28. The molecule has 0 amide bonds. The van der Waals surface area contributed by atoms with Crippen LogP contribution < -0.4 is 0 Å². The number of nitrogens with zero attached hydrogens (tertiary/aromatic N) is 3. The number of likely N-dealkylation sites (tertiary alicyclic amines) is 1. The van der Waals surface area contributed by atoms with E-state index >= 15 is 0 Å². The lowest BCUT2D eigenvalue weighted by atomic mass is 9.95. The molecule has 1 saturated heterocycles. The highest BCUT2D eigenvalue weighted by Crippen LogP contribution is 2.28. The Balaban J connectivity index is 1.99. The Kier molecular flexibility index (Phi) is 4.71. The van der Waals surface area contributed by atoms with Gasteiger partial charge in [-0.3, -0.25) is 4.98 Å². The highest BCUT2D eigenvalue weighted by molar-refractivity contribution is 6.30. The third-order valence-corrected chi connectivity index (χ3v) is 3.47. The Morgan fingerprint density at radius 3 is 3.06 bits per heavy atom. The summed E-state index contributed by atoms with van der Waals surface area (Å²) in [5, 5.41) is 0.547. The molecule has 0 aliphatic carbocycles. The molecule has 0 aromatic carbocycles. The maximum atomic E-state index is 6.09. The summed E-state index contributed by atoms with van der Waals surface area (Å²) in [6.07, 6.45) is 5.68. The van der Waals surface area contributed by atoms with Gasteiger partial charge < -0.3 is 9.64 Å². The van der Waals surface area contributed by atoms with Crippen molar-refractivity contribution in [1.29, 1.82) is 0 Å². The van der Waals surface area contributed by atoms with Gasteiger partial charge in [0.1, 0.15) is 0 Å². The van der Waals surface area contributed by atoms with Gasteiger partial charge in [0, 0.05) is 38.5 Å². The lowest BCUT2D eigenvalue weighted by molar-refractivity contribution is 0.127. The molecule has 0 N–H and O–H groups in total. The van der Waals surface area contributed by atoms with Crippen molar-refractivity contribution in [3.05, 3.63) is 23.2 Å². The predicted molar refractivity (Wildman–Crippen MR) is 67.3 cm³/mol. The van der Waals surface area contributed by atoms with E-state index < -0.39 is 0 Å². The molecule has 1 aromatic rings. The zero-order valence-corrected chi connectivity index (χ0v) is 10.9. The highest BCUT2D eigenvalue weighted by atomic mass is 35.5. The average Bonchev–Trinajstić information content (AvgIpc) is 2.37. The topological polar surface area (TPSA) is 38.2 Å². The van der Waals surface area contributed by atoms with Crippen LogP contribution in [0.2, 0.25) is 5.15 Å². The second-order valence-electron chi connectivity index (χ2n) is 4.36. The molecule has 2 rings (SSSR count). The number of halogens is 1. The van der Waals surface area contributed by atoms with E-state index in [9.17, 15) is 0 Å². The van der Waals surface area contributed by atoms with Crippen LogP contribution in [0.5, 0.6) is 0 Å². The number of rotatable bonds is 4. The number of hydrogen-bond donors (Lipinski definition) is 0.